The van der Waals surface area contributed by atoms with Crippen molar-refractivity contribution in [3.05, 3.63) is 29.3 Å². The predicted molar refractivity (Wildman–Crippen MR) is 72.6 cm³/mol. The first-order chi connectivity index (χ1) is 9.04. The highest BCUT2D eigenvalue weighted by atomic mass is 35.5. The summed E-state index contributed by atoms with van der Waals surface area (Å²) in [6.45, 7) is 2.22. The summed E-state index contributed by atoms with van der Waals surface area (Å²) in [6.07, 6.45) is 0.133. The van der Waals surface area contributed by atoms with Crippen molar-refractivity contribution in [2.75, 3.05) is 24.7 Å². The first kappa shape index (κ1) is 15.5. The summed E-state index contributed by atoms with van der Waals surface area (Å²) in [5.74, 6) is -1.39. The molecule has 0 spiro atoms. The van der Waals surface area contributed by atoms with Crippen LogP contribution in [-0.4, -0.2) is 36.7 Å². The van der Waals surface area contributed by atoms with E-state index in [2.05, 4.69) is 0 Å². The van der Waals surface area contributed by atoms with E-state index in [4.69, 9.17) is 21.4 Å². The smallest absolute Gasteiger partial charge is 0.323 e. The molecular weight excluding hydrogens is 270 g/mol. The van der Waals surface area contributed by atoms with Gasteiger partial charge in [-0.15, -0.1) is 0 Å². The summed E-state index contributed by atoms with van der Waals surface area (Å²) in [6, 6.07) is 6.54. The summed E-state index contributed by atoms with van der Waals surface area (Å²) in [7, 11) is 0. The molecule has 0 aliphatic heterocycles. The van der Waals surface area contributed by atoms with Crippen molar-refractivity contribution in [2.45, 2.75) is 13.3 Å². The number of hydrogen-bond donors (Lipinski definition) is 1. The molecule has 1 aromatic carbocycles. The molecule has 104 valence electrons. The van der Waals surface area contributed by atoms with Crippen LogP contribution in [0.1, 0.15) is 13.3 Å². The van der Waals surface area contributed by atoms with Crippen LogP contribution < -0.4 is 4.90 Å². The summed E-state index contributed by atoms with van der Waals surface area (Å²) in [5, 5.41) is 9.33. The SMILES string of the molecule is CCOCCC(=O)N(CC(=O)O)c1cccc(Cl)c1. The summed E-state index contributed by atoms with van der Waals surface area (Å²) in [5.41, 5.74) is 0.469. The quantitative estimate of drug-likeness (QED) is 0.780. The van der Waals surface area contributed by atoms with Gasteiger partial charge >= 0.3 is 5.97 Å². The van der Waals surface area contributed by atoms with Crippen molar-refractivity contribution in [3.63, 3.8) is 0 Å². The molecule has 0 fully saturated rings. The van der Waals surface area contributed by atoms with Crippen LogP contribution in [0.3, 0.4) is 0 Å². The predicted octanol–water partition coefficient (Wildman–Crippen LogP) is 2.18. The highest BCUT2D eigenvalue weighted by Gasteiger charge is 2.18. The first-order valence-electron chi connectivity index (χ1n) is 5.90. The van der Waals surface area contributed by atoms with Gasteiger partial charge < -0.3 is 14.7 Å². The number of carbonyl (C=O) groups excluding carboxylic acids is 1. The van der Waals surface area contributed by atoms with Crippen molar-refractivity contribution >= 4 is 29.2 Å². The van der Waals surface area contributed by atoms with E-state index in [0.29, 0.717) is 17.3 Å². The molecule has 1 N–H and O–H groups in total. The maximum atomic E-state index is 12.0. The largest absolute Gasteiger partial charge is 0.480 e. The Balaban J connectivity index is 2.82. The Hall–Kier alpha value is -1.59. The molecular formula is C13H16ClNO4. The lowest BCUT2D eigenvalue weighted by atomic mass is 10.2. The number of hydrogen-bond acceptors (Lipinski definition) is 3. The Kier molecular flexibility index (Phi) is 6.32. The number of rotatable bonds is 7. The standard InChI is InChI=1S/C13H16ClNO4/c1-2-19-7-6-12(16)15(9-13(17)18)11-5-3-4-10(14)8-11/h3-5,8H,2,6-7,9H2,1H3,(H,17,18). The van der Waals surface area contributed by atoms with Crippen molar-refractivity contribution in [2.24, 2.45) is 0 Å². The van der Waals surface area contributed by atoms with Crippen LogP contribution >= 0.6 is 11.6 Å². The molecule has 0 aliphatic rings. The number of halogens is 1. The van der Waals surface area contributed by atoms with E-state index < -0.39 is 12.5 Å². The number of carboxylic acid groups (broad SMARTS) is 1. The van der Waals surface area contributed by atoms with E-state index in [1.165, 1.54) is 4.90 Å². The lowest BCUT2D eigenvalue weighted by Crippen LogP contribution is -2.36. The number of amides is 1. The van der Waals surface area contributed by atoms with E-state index >= 15 is 0 Å². The number of ether oxygens (including phenoxy) is 1. The molecule has 19 heavy (non-hydrogen) atoms. The zero-order chi connectivity index (χ0) is 14.3. The van der Waals surface area contributed by atoms with Gasteiger partial charge in [0.15, 0.2) is 0 Å². The molecule has 0 saturated heterocycles. The van der Waals surface area contributed by atoms with Crippen molar-refractivity contribution in [3.8, 4) is 0 Å². The van der Waals surface area contributed by atoms with Crippen LogP contribution in [0, 0.1) is 0 Å². The number of anilines is 1. The monoisotopic (exact) mass is 285 g/mol. The fourth-order valence-corrected chi connectivity index (χ4v) is 1.73. The van der Waals surface area contributed by atoms with Crippen molar-refractivity contribution in [1.82, 2.24) is 0 Å². The third kappa shape index (κ3) is 5.28. The molecule has 0 atom stereocenters. The third-order valence-electron chi connectivity index (χ3n) is 2.38. The van der Waals surface area contributed by atoms with Crippen LogP contribution in [0.5, 0.6) is 0 Å². The summed E-state index contributed by atoms with van der Waals surface area (Å²) >= 11 is 5.85. The van der Waals surface area contributed by atoms with Crippen molar-refractivity contribution < 1.29 is 19.4 Å². The lowest BCUT2D eigenvalue weighted by Gasteiger charge is -2.21. The van der Waals surface area contributed by atoms with Crippen LogP contribution in [0.15, 0.2) is 24.3 Å². The van der Waals surface area contributed by atoms with Gasteiger partial charge in [0.05, 0.1) is 13.0 Å². The number of nitrogens with zero attached hydrogens (tertiary/aromatic N) is 1. The number of aliphatic carboxylic acids is 1. The van der Waals surface area contributed by atoms with E-state index in [-0.39, 0.29) is 18.9 Å². The second-order valence-corrected chi connectivity index (χ2v) is 4.24. The van der Waals surface area contributed by atoms with Gasteiger partial charge in [-0.05, 0) is 25.1 Å². The summed E-state index contributed by atoms with van der Waals surface area (Å²) < 4.78 is 5.10. The van der Waals surface area contributed by atoms with E-state index in [9.17, 15) is 9.59 Å². The maximum absolute atomic E-state index is 12.0. The molecule has 0 heterocycles. The van der Waals surface area contributed by atoms with Crippen LogP contribution in [0.4, 0.5) is 5.69 Å². The lowest BCUT2D eigenvalue weighted by molar-refractivity contribution is -0.136. The highest BCUT2D eigenvalue weighted by molar-refractivity contribution is 6.30. The average molecular weight is 286 g/mol. The fraction of sp³-hybridized carbons (Fsp3) is 0.385. The second kappa shape index (κ2) is 7.76. The Morgan fingerprint density at radius 2 is 2.16 bits per heavy atom. The second-order valence-electron chi connectivity index (χ2n) is 3.80. The third-order valence-corrected chi connectivity index (χ3v) is 2.61. The van der Waals surface area contributed by atoms with Gasteiger partial charge in [-0.25, -0.2) is 0 Å². The van der Waals surface area contributed by atoms with Crippen LogP contribution in [0.2, 0.25) is 5.02 Å². The molecule has 1 amide bonds. The zero-order valence-electron chi connectivity index (χ0n) is 10.6. The highest BCUT2D eigenvalue weighted by Crippen LogP contribution is 2.20. The van der Waals surface area contributed by atoms with Crippen LogP contribution in [0.25, 0.3) is 0 Å². The minimum absolute atomic E-state index is 0.133. The molecule has 5 nitrogen and oxygen atoms in total. The molecule has 6 heteroatoms. The normalized spacial score (nSPS) is 10.2. The Labute approximate surface area is 116 Å². The van der Waals surface area contributed by atoms with Gasteiger partial charge in [0, 0.05) is 17.3 Å². The van der Waals surface area contributed by atoms with Gasteiger partial charge in [-0.2, -0.15) is 0 Å². The molecule has 1 aromatic rings. The molecule has 0 radical (unpaired) electrons. The van der Waals surface area contributed by atoms with Gasteiger partial charge in [-0.1, -0.05) is 17.7 Å². The van der Waals surface area contributed by atoms with E-state index in [1.54, 1.807) is 24.3 Å². The topological polar surface area (TPSA) is 66.8 Å². The van der Waals surface area contributed by atoms with E-state index in [1.807, 2.05) is 6.92 Å². The van der Waals surface area contributed by atoms with Crippen molar-refractivity contribution in [1.29, 1.82) is 0 Å². The maximum Gasteiger partial charge on any atom is 0.323 e. The average Bonchev–Trinajstić information content (AvgIpc) is 2.36. The minimum Gasteiger partial charge on any atom is -0.480 e. The minimum atomic E-state index is -1.08. The zero-order valence-corrected chi connectivity index (χ0v) is 11.4. The van der Waals surface area contributed by atoms with Gasteiger partial charge in [0.25, 0.3) is 0 Å². The number of carboxylic acids is 1. The Morgan fingerprint density at radius 3 is 2.74 bits per heavy atom. The molecule has 0 saturated carbocycles. The number of benzene rings is 1. The fourth-order valence-electron chi connectivity index (χ4n) is 1.54. The Bertz CT molecular complexity index is 450. The molecule has 0 bridgehead atoms. The number of carbonyl (C=O) groups is 2. The van der Waals surface area contributed by atoms with Crippen LogP contribution in [-0.2, 0) is 14.3 Å². The van der Waals surface area contributed by atoms with E-state index in [0.717, 1.165) is 0 Å². The molecule has 0 unspecified atom stereocenters. The summed E-state index contributed by atoms with van der Waals surface area (Å²) in [4.78, 5) is 24.0. The van der Waals surface area contributed by atoms with Gasteiger partial charge in [0.2, 0.25) is 5.91 Å². The molecule has 0 aliphatic carbocycles. The Morgan fingerprint density at radius 1 is 1.42 bits per heavy atom. The van der Waals surface area contributed by atoms with Gasteiger partial charge in [0.1, 0.15) is 6.54 Å². The first-order valence-corrected chi connectivity index (χ1v) is 6.28. The van der Waals surface area contributed by atoms with Gasteiger partial charge in [-0.3, -0.25) is 9.59 Å². The molecule has 1 rings (SSSR count). The molecule has 0 aromatic heterocycles.